The molecule has 6 rings (SSSR count). The first-order chi connectivity index (χ1) is 18.5. The van der Waals surface area contributed by atoms with E-state index in [1.807, 2.05) is 48.5 Å². The lowest BCUT2D eigenvalue weighted by atomic mass is 9.95. The third kappa shape index (κ3) is 4.68. The van der Waals surface area contributed by atoms with Gasteiger partial charge in [0.25, 0.3) is 5.91 Å². The maximum Gasteiger partial charge on any atom is 0.262 e. The van der Waals surface area contributed by atoms with E-state index in [4.69, 9.17) is 21.6 Å². The van der Waals surface area contributed by atoms with Crippen molar-refractivity contribution < 1.29 is 14.7 Å². The maximum atomic E-state index is 13.0. The molecule has 0 spiro atoms. The molecule has 1 saturated heterocycles. The van der Waals surface area contributed by atoms with Gasteiger partial charge in [-0.15, -0.1) is 23.4 Å². The summed E-state index contributed by atoms with van der Waals surface area (Å²) in [6.07, 6.45) is 0.523. The molecule has 5 aromatic rings. The molecule has 38 heavy (non-hydrogen) atoms. The molecule has 3 heterocycles. The third-order valence-electron chi connectivity index (χ3n) is 6.45. The lowest BCUT2D eigenvalue weighted by molar-refractivity contribution is -0.155. The molecule has 4 N–H and O–H groups in total. The molecule has 0 saturated carbocycles. The third-order valence-corrected chi connectivity index (χ3v) is 8.10. The SMILES string of the molecule is O=C(CSC(Cc1nc2ccccc2[nH]1)c1nc2ccccc2[nH]1)NN1C(=O)C(Cl)C1c1ccc(O)cc1. The van der Waals surface area contributed by atoms with Crippen LogP contribution in [0, 0.1) is 0 Å². The van der Waals surface area contributed by atoms with Crippen molar-refractivity contribution in [2.75, 3.05) is 5.75 Å². The number of thioether (sulfide) groups is 1. The van der Waals surface area contributed by atoms with Gasteiger partial charge in [-0.1, -0.05) is 36.4 Å². The van der Waals surface area contributed by atoms with Gasteiger partial charge in [0.15, 0.2) is 0 Å². The number of imidazole rings is 2. The molecule has 2 aromatic heterocycles. The number of fused-ring (bicyclic) bond motifs is 2. The number of carbonyl (C=O) groups excluding carboxylic acids is 2. The van der Waals surface area contributed by atoms with Crippen molar-refractivity contribution >= 4 is 57.2 Å². The van der Waals surface area contributed by atoms with Crippen LogP contribution in [0.4, 0.5) is 0 Å². The Morgan fingerprint density at radius 2 is 1.66 bits per heavy atom. The summed E-state index contributed by atoms with van der Waals surface area (Å²) in [6.45, 7) is 0. The van der Waals surface area contributed by atoms with E-state index in [1.165, 1.54) is 28.9 Å². The molecule has 0 aliphatic carbocycles. The zero-order chi connectivity index (χ0) is 26.2. The van der Waals surface area contributed by atoms with Gasteiger partial charge in [-0.3, -0.25) is 15.0 Å². The monoisotopic (exact) mass is 546 g/mol. The fraction of sp³-hybridized carbons (Fsp3) is 0.185. The number of phenols is 1. The highest BCUT2D eigenvalue weighted by Gasteiger charge is 2.48. The lowest BCUT2D eigenvalue weighted by Crippen LogP contribution is -2.63. The number of aromatic hydroxyl groups is 1. The van der Waals surface area contributed by atoms with Gasteiger partial charge in [-0.25, -0.2) is 15.0 Å². The highest BCUT2D eigenvalue weighted by molar-refractivity contribution is 8.00. The number of para-hydroxylation sites is 4. The number of hydrogen-bond donors (Lipinski definition) is 4. The number of amides is 2. The van der Waals surface area contributed by atoms with E-state index in [1.54, 1.807) is 12.1 Å². The van der Waals surface area contributed by atoms with Crippen LogP contribution in [-0.4, -0.2) is 53.0 Å². The molecule has 2 amide bonds. The van der Waals surface area contributed by atoms with Gasteiger partial charge >= 0.3 is 0 Å². The van der Waals surface area contributed by atoms with Crippen molar-refractivity contribution in [3.63, 3.8) is 0 Å². The highest BCUT2D eigenvalue weighted by Crippen LogP contribution is 2.38. The van der Waals surface area contributed by atoms with Crippen molar-refractivity contribution in [3.8, 4) is 5.75 Å². The molecule has 3 atom stereocenters. The molecule has 9 nitrogen and oxygen atoms in total. The van der Waals surface area contributed by atoms with Gasteiger partial charge in [-0.05, 0) is 42.0 Å². The second-order valence-electron chi connectivity index (χ2n) is 9.02. The zero-order valence-corrected chi connectivity index (χ0v) is 21.5. The average Bonchev–Trinajstić information content (AvgIpc) is 3.55. The summed E-state index contributed by atoms with van der Waals surface area (Å²) in [7, 11) is 0. The molecule has 3 aromatic carbocycles. The Morgan fingerprint density at radius 3 is 2.34 bits per heavy atom. The lowest BCUT2D eigenvalue weighted by Gasteiger charge is -2.44. The van der Waals surface area contributed by atoms with E-state index in [0.29, 0.717) is 6.42 Å². The number of nitrogens with one attached hydrogen (secondary N) is 3. The average molecular weight is 547 g/mol. The van der Waals surface area contributed by atoms with Crippen LogP contribution in [0.25, 0.3) is 22.1 Å². The van der Waals surface area contributed by atoms with Crippen molar-refractivity contribution in [1.82, 2.24) is 30.4 Å². The van der Waals surface area contributed by atoms with Gasteiger partial charge in [0, 0.05) is 6.42 Å². The van der Waals surface area contributed by atoms with Gasteiger partial charge in [0.1, 0.15) is 28.8 Å². The van der Waals surface area contributed by atoms with Gasteiger partial charge in [-0.2, -0.15) is 0 Å². The minimum atomic E-state index is -0.788. The number of halogens is 1. The minimum absolute atomic E-state index is 0.0843. The van der Waals surface area contributed by atoms with E-state index in [2.05, 4.69) is 15.4 Å². The number of alkyl halides is 1. The number of H-pyrrole nitrogens is 2. The Bertz CT molecular complexity index is 1570. The number of nitrogens with zero attached hydrogens (tertiary/aromatic N) is 3. The number of aromatic nitrogens is 4. The summed E-state index contributed by atoms with van der Waals surface area (Å²) in [5, 5.41) is 9.83. The molecule has 0 radical (unpaired) electrons. The van der Waals surface area contributed by atoms with Crippen LogP contribution in [0.3, 0.4) is 0 Å². The predicted octanol–water partition coefficient (Wildman–Crippen LogP) is 4.38. The second-order valence-corrected chi connectivity index (χ2v) is 10.7. The van der Waals surface area contributed by atoms with Gasteiger partial charge in [0.2, 0.25) is 5.91 Å². The first-order valence-corrected chi connectivity index (χ1v) is 13.5. The van der Waals surface area contributed by atoms with Crippen LogP contribution in [0.1, 0.15) is 28.5 Å². The van der Waals surface area contributed by atoms with Crippen LogP contribution < -0.4 is 5.43 Å². The summed E-state index contributed by atoms with van der Waals surface area (Å²) < 4.78 is 0. The number of β-lactam (4-membered cyclic amide) rings is 1. The fourth-order valence-corrected chi connectivity index (χ4v) is 5.87. The van der Waals surface area contributed by atoms with Crippen molar-refractivity contribution in [2.45, 2.75) is 23.1 Å². The molecular formula is C27H23ClN6O3S. The maximum absolute atomic E-state index is 13.0. The Labute approximate surface area is 226 Å². The Morgan fingerprint density at radius 1 is 1.00 bits per heavy atom. The quantitative estimate of drug-likeness (QED) is 0.169. The summed E-state index contributed by atoms with van der Waals surface area (Å²) in [5.41, 5.74) is 7.01. The zero-order valence-electron chi connectivity index (χ0n) is 20.0. The number of hydrogen-bond acceptors (Lipinski definition) is 6. The molecule has 1 fully saturated rings. The number of phenolic OH excluding ortho intramolecular Hbond substituents is 1. The number of rotatable bonds is 8. The summed E-state index contributed by atoms with van der Waals surface area (Å²) in [6, 6.07) is 21.5. The van der Waals surface area contributed by atoms with Crippen LogP contribution in [-0.2, 0) is 16.0 Å². The van der Waals surface area contributed by atoms with Gasteiger partial charge in [0.05, 0.1) is 33.1 Å². The van der Waals surface area contributed by atoms with E-state index in [-0.39, 0.29) is 28.6 Å². The number of carbonyl (C=O) groups is 2. The highest BCUT2D eigenvalue weighted by atomic mass is 35.5. The fourth-order valence-electron chi connectivity index (χ4n) is 4.55. The van der Waals surface area contributed by atoms with Crippen LogP contribution in [0.15, 0.2) is 72.8 Å². The summed E-state index contributed by atoms with van der Waals surface area (Å²) >= 11 is 7.67. The number of aromatic amines is 2. The van der Waals surface area contributed by atoms with Crippen molar-refractivity contribution in [1.29, 1.82) is 0 Å². The van der Waals surface area contributed by atoms with Crippen molar-refractivity contribution in [3.05, 3.63) is 90.0 Å². The van der Waals surface area contributed by atoms with E-state index >= 15 is 0 Å². The van der Waals surface area contributed by atoms with Crippen LogP contribution in [0.2, 0.25) is 0 Å². The van der Waals surface area contributed by atoms with Crippen molar-refractivity contribution in [2.24, 2.45) is 0 Å². The van der Waals surface area contributed by atoms with E-state index in [9.17, 15) is 14.7 Å². The molecular weight excluding hydrogens is 524 g/mol. The molecule has 192 valence electrons. The van der Waals surface area contributed by atoms with Crippen LogP contribution >= 0.6 is 23.4 Å². The normalized spacial score (nSPS) is 18.0. The van der Waals surface area contributed by atoms with Crippen LogP contribution in [0.5, 0.6) is 5.75 Å². The first-order valence-electron chi connectivity index (χ1n) is 12.0. The minimum Gasteiger partial charge on any atom is -0.508 e. The topological polar surface area (TPSA) is 127 Å². The molecule has 1 aliphatic rings. The molecule has 3 unspecified atom stereocenters. The largest absolute Gasteiger partial charge is 0.508 e. The Balaban J connectivity index is 1.18. The Kier molecular flexibility index (Phi) is 6.42. The predicted molar refractivity (Wildman–Crippen MR) is 147 cm³/mol. The first kappa shape index (κ1) is 24.3. The smallest absolute Gasteiger partial charge is 0.262 e. The van der Waals surface area contributed by atoms with Gasteiger partial charge < -0.3 is 15.1 Å². The Hall–Kier alpha value is -4.02. The standard InChI is InChI=1S/C27H23ClN6O3S/c28-24-25(15-9-11-16(35)12-10-15)34(27(24)37)33-23(36)14-38-21(26-31-19-7-3-4-8-20(19)32-26)13-22-29-17-5-1-2-6-18(17)30-22/h1-12,21,24-25,35H,13-14H2,(H,29,30)(H,31,32)(H,33,36). The second kappa shape index (κ2) is 10.0. The molecule has 0 bridgehead atoms. The number of hydrazine groups is 1. The molecule has 1 aliphatic heterocycles. The summed E-state index contributed by atoms with van der Waals surface area (Å²) in [5.74, 6) is 1.02. The van der Waals surface area contributed by atoms with E-state index < -0.39 is 11.4 Å². The van der Waals surface area contributed by atoms with E-state index in [0.717, 1.165) is 39.3 Å². The molecule has 11 heteroatoms. The summed E-state index contributed by atoms with van der Waals surface area (Å²) in [4.78, 5) is 41.6. The number of benzene rings is 3.